The van der Waals surface area contributed by atoms with Gasteiger partial charge >= 0.3 is 0 Å². The largest absolute Gasteiger partial charge is 0.347 e. The molecular formula is C16H16N4. The van der Waals surface area contributed by atoms with Gasteiger partial charge in [-0.15, -0.1) is 0 Å². The first-order chi connectivity index (χ1) is 9.81. The molecule has 4 nitrogen and oxygen atoms in total. The van der Waals surface area contributed by atoms with Crippen molar-refractivity contribution in [3.8, 4) is 0 Å². The number of nitrogens with zero attached hydrogens (tertiary/aromatic N) is 4. The molecule has 1 unspecified atom stereocenters. The number of benzene rings is 2. The van der Waals surface area contributed by atoms with Crippen LogP contribution >= 0.6 is 0 Å². The van der Waals surface area contributed by atoms with Crippen molar-refractivity contribution in [2.75, 3.05) is 4.90 Å². The first kappa shape index (κ1) is 11.5. The highest BCUT2D eigenvalue weighted by molar-refractivity contribution is 5.73. The molecule has 2 aromatic carbocycles. The minimum atomic E-state index is 0.488. The minimum absolute atomic E-state index is 0.488. The van der Waals surface area contributed by atoms with E-state index in [-0.39, 0.29) is 0 Å². The maximum absolute atomic E-state index is 4.55. The molecule has 1 aliphatic rings. The zero-order chi connectivity index (χ0) is 13.5. The lowest BCUT2D eigenvalue weighted by Crippen LogP contribution is -2.32. The van der Waals surface area contributed by atoms with Gasteiger partial charge in [-0.2, -0.15) is 15.0 Å². The molecule has 20 heavy (non-hydrogen) atoms. The van der Waals surface area contributed by atoms with Crippen LogP contribution in [0.4, 0.5) is 5.69 Å². The first-order valence-electron chi connectivity index (χ1n) is 6.96. The van der Waals surface area contributed by atoms with Crippen molar-refractivity contribution in [2.24, 2.45) is 0 Å². The van der Waals surface area contributed by atoms with Gasteiger partial charge in [-0.25, -0.2) is 0 Å². The predicted molar refractivity (Wildman–Crippen MR) is 79.6 cm³/mol. The van der Waals surface area contributed by atoms with Gasteiger partial charge in [0.25, 0.3) is 0 Å². The summed E-state index contributed by atoms with van der Waals surface area (Å²) in [6.07, 6.45) is 1.09. The third-order valence-corrected chi connectivity index (χ3v) is 3.96. The second kappa shape index (κ2) is 4.34. The molecule has 4 heteroatoms. The summed E-state index contributed by atoms with van der Waals surface area (Å²) in [5.41, 5.74) is 4.62. The van der Waals surface area contributed by atoms with E-state index in [9.17, 15) is 0 Å². The lowest BCUT2D eigenvalue weighted by atomic mass is 10.1. The van der Waals surface area contributed by atoms with Crippen molar-refractivity contribution in [3.05, 3.63) is 54.1 Å². The number of hydrogen-bond acceptors (Lipinski definition) is 3. The van der Waals surface area contributed by atoms with Crippen LogP contribution in [0.5, 0.6) is 0 Å². The van der Waals surface area contributed by atoms with E-state index < -0.39 is 0 Å². The zero-order valence-electron chi connectivity index (χ0n) is 11.4. The van der Waals surface area contributed by atoms with E-state index in [1.807, 2.05) is 24.3 Å². The number of hydrogen-bond donors (Lipinski definition) is 0. The Kier molecular flexibility index (Phi) is 2.49. The van der Waals surface area contributed by atoms with E-state index in [4.69, 9.17) is 0 Å². The molecule has 4 rings (SSSR count). The normalized spacial score (nSPS) is 17.6. The molecule has 3 aromatic rings. The Bertz CT molecular complexity index is 729. The van der Waals surface area contributed by atoms with Crippen LogP contribution in [-0.2, 0) is 13.1 Å². The molecule has 0 amide bonds. The summed E-state index contributed by atoms with van der Waals surface area (Å²) in [5, 5.41) is 9.09. The van der Waals surface area contributed by atoms with Gasteiger partial charge in [0.05, 0.1) is 0 Å². The summed E-state index contributed by atoms with van der Waals surface area (Å²) < 4.78 is 0. The Labute approximate surface area is 117 Å². The van der Waals surface area contributed by atoms with Gasteiger partial charge in [0, 0.05) is 11.7 Å². The van der Waals surface area contributed by atoms with Gasteiger partial charge < -0.3 is 4.90 Å². The molecular weight excluding hydrogens is 248 g/mol. The summed E-state index contributed by atoms with van der Waals surface area (Å²) in [6.45, 7) is 2.95. The molecule has 2 heterocycles. The van der Waals surface area contributed by atoms with Gasteiger partial charge in [0.2, 0.25) is 0 Å². The highest BCUT2D eigenvalue weighted by Gasteiger charge is 2.25. The Morgan fingerprint density at radius 2 is 1.65 bits per heavy atom. The van der Waals surface area contributed by atoms with Crippen LogP contribution in [0.15, 0.2) is 48.5 Å². The van der Waals surface area contributed by atoms with Gasteiger partial charge in [0.15, 0.2) is 0 Å². The minimum Gasteiger partial charge on any atom is -0.347 e. The Morgan fingerprint density at radius 3 is 2.40 bits per heavy atom. The van der Waals surface area contributed by atoms with Crippen LogP contribution in [-0.4, -0.2) is 21.0 Å². The molecule has 0 fully saturated rings. The molecule has 0 saturated heterocycles. The Hall–Kier alpha value is -2.36. The summed E-state index contributed by atoms with van der Waals surface area (Å²) in [4.78, 5) is 4.16. The predicted octanol–water partition coefficient (Wildman–Crippen LogP) is 2.84. The SMILES string of the molecule is CC1Cc2ccccc2N1Cn1nc2ccccc2n1. The number of para-hydroxylation sites is 1. The number of aromatic nitrogens is 3. The van der Waals surface area contributed by atoms with Gasteiger partial charge in [-0.05, 0) is 37.1 Å². The number of fused-ring (bicyclic) bond motifs is 2. The fraction of sp³-hybridized carbons (Fsp3) is 0.250. The average Bonchev–Trinajstić information content (AvgIpc) is 3.00. The molecule has 0 radical (unpaired) electrons. The smallest absolute Gasteiger partial charge is 0.132 e. The van der Waals surface area contributed by atoms with E-state index in [1.165, 1.54) is 11.3 Å². The summed E-state index contributed by atoms with van der Waals surface area (Å²) in [5.74, 6) is 0. The summed E-state index contributed by atoms with van der Waals surface area (Å²) in [6, 6.07) is 17.1. The fourth-order valence-electron chi connectivity index (χ4n) is 2.95. The molecule has 100 valence electrons. The third kappa shape index (κ3) is 1.76. The molecule has 0 saturated carbocycles. The van der Waals surface area contributed by atoms with Crippen molar-refractivity contribution >= 4 is 16.7 Å². The summed E-state index contributed by atoms with van der Waals surface area (Å²) >= 11 is 0. The highest BCUT2D eigenvalue weighted by atomic mass is 15.5. The topological polar surface area (TPSA) is 34.0 Å². The van der Waals surface area contributed by atoms with Crippen LogP contribution < -0.4 is 4.90 Å². The van der Waals surface area contributed by atoms with Crippen LogP contribution in [0.25, 0.3) is 11.0 Å². The highest BCUT2D eigenvalue weighted by Crippen LogP contribution is 2.31. The maximum atomic E-state index is 4.55. The quantitative estimate of drug-likeness (QED) is 0.713. The molecule has 1 aromatic heterocycles. The zero-order valence-corrected chi connectivity index (χ0v) is 11.4. The standard InChI is InChI=1S/C16H16N4/c1-12-10-13-6-2-5-9-16(13)19(12)11-20-17-14-7-3-4-8-15(14)18-20/h2-9,12H,10-11H2,1H3. The fourth-order valence-corrected chi connectivity index (χ4v) is 2.95. The van der Waals surface area contributed by atoms with Crippen molar-refractivity contribution in [2.45, 2.75) is 26.1 Å². The van der Waals surface area contributed by atoms with Crippen molar-refractivity contribution in [1.29, 1.82) is 0 Å². The van der Waals surface area contributed by atoms with Crippen molar-refractivity contribution in [1.82, 2.24) is 15.0 Å². The second-order valence-electron chi connectivity index (χ2n) is 5.35. The lowest BCUT2D eigenvalue weighted by molar-refractivity contribution is 0.493. The third-order valence-electron chi connectivity index (χ3n) is 3.96. The molecule has 0 N–H and O–H groups in total. The lowest BCUT2D eigenvalue weighted by Gasteiger charge is -2.23. The van der Waals surface area contributed by atoms with Crippen LogP contribution in [0.1, 0.15) is 12.5 Å². The average molecular weight is 264 g/mol. The van der Waals surface area contributed by atoms with Crippen molar-refractivity contribution in [3.63, 3.8) is 0 Å². The van der Waals surface area contributed by atoms with Crippen LogP contribution in [0.3, 0.4) is 0 Å². The first-order valence-corrected chi connectivity index (χ1v) is 6.96. The number of rotatable bonds is 2. The van der Waals surface area contributed by atoms with Crippen molar-refractivity contribution < 1.29 is 0 Å². The molecule has 0 spiro atoms. The van der Waals surface area contributed by atoms with Crippen LogP contribution in [0.2, 0.25) is 0 Å². The van der Waals surface area contributed by atoms with E-state index >= 15 is 0 Å². The molecule has 0 bridgehead atoms. The monoisotopic (exact) mass is 264 g/mol. The summed E-state index contributed by atoms with van der Waals surface area (Å²) in [7, 11) is 0. The van der Waals surface area contributed by atoms with E-state index in [0.29, 0.717) is 12.7 Å². The second-order valence-corrected chi connectivity index (χ2v) is 5.35. The van der Waals surface area contributed by atoms with Gasteiger partial charge in [-0.1, -0.05) is 30.3 Å². The number of anilines is 1. The molecule has 0 aliphatic carbocycles. The van der Waals surface area contributed by atoms with Crippen LogP contribution in [0, 0.1) is 0 Å². The van der Waals surface area contributed by atoms with E-state index in [0.717, 1.165) is 17.5 Å². The van der Waals surface area contributed by atoms with Gasteiger partial charge in [0.1, 0.15) is 17.7 Å². The van der Waals surface area contributed by atoms with Gasteiger partial charge in [-0.3, -0.25) is 0 Å². The van der Waals surface area contributed by atoms with E-state index in [1.54, 1.807) is 4.80 Å². The maximum Gasteiger partial charge on any atom is 0.132 e. The Balaban J connectivity index is 1.68. The Morgan fingerprint density at radius 1 is 1.00 bits per heavy atom. The molecule has 1 atom stereocenters. The van der Waals surface area contributed by atoms with E-state index in [2.05, 4.69) is 46.3 Å². The molecule has 1 aliphatic heterocycles.